The van der Waals surface area contributed by atoms with E-state index < -0.39 is 0 Å². The van der Waals surface area contributed by atoms with E-state index in [1.807, 2.05) is 6.92 Å². The second-order valence-corrected chi connectivity index (χ2v) is 4.27. The predicted molar refractivity (Wildman–Crippen MR) is 70.8 cm³/mol. The average Bonchev–Trinajstić information content (AvgIpc) is 2.36. The van der Waals surface area contributed by atoms with E-state index in [-0.39, 0.29) is 17.8 Å². The third-order valence-corrected chi connectivity index (χ3v) is 2.76. The summed E-state index contributed by atoms with van der Waals surface area (Å²) in [5.41, 5.74) is 1.34. The van der Waals surface area contributed by atoms with Gasteiger partial charge < -0.3 is 10.1 Å². The Bertz CT molecular complexity index is 412. The third-order valence-electron chi connectivity index (χ3n) is 2.76. The molecule has 1 rings (SSSR count). The number of rotatable bonds is 6. The van der Waals surface area contributed by atoms with Crippen molar-refractivity contribution in [1.82, 2.24) is 0 Å². The fourth-order valence-corrected chi connectivity index (χ4v) is 1.46. The van der Waals surface area contributed by atoms with Crippen molar-refractivity contribution < 1.29 is 14.3 Å². The first-order valence-electron chi connectivity index (χ1n) is 5.96. The zero-order valence-corrected chi connectivity index (χ0v) is 11.0. The van der Waals surface area contributed by atoms with Crippen LogP contribution in [0.5, 0.6) is 0 Å². The van der Waals surface area contributed by atoms with Crippen LogP contribution in [-0.4, -0.2) is 24.9 Å². The van der Waals surface area contributed by atoms with Gasteiger partial charge in [-0.2, -0.15) is 0 Å². The third kappa shape index (κ3) is 4.67. The predicted octanol–water partition coefficient (Wildman–Crippen LogP) is 2.64. The summed E-state index contributed by atoms with van der Waals surface area (Å²) >= 11 is 0. The molecule has 0 aromatic heterocycles. The Morgan fingerprint density at radius 1 is 1.28 bits per heavy atom. The molecule has 1 unspecified atom stereocenters. The van der Waals surface area contributed by atoms with Gasteiger partial charge in [0.15, 0.2) is 5.78 Å². The highest BCUT2D eigenvalue weighted by Crippen LogP contribution is 2.11. The Labute approximate surface area is 107 Å². The lowest BCUT2D eigenvalue weighted by Crippen LogP contribution is -2.15. The number of anilines is 1. The van der Waals surface area contributed by atoms with E-state index in [4.69, 9.17) is 4.74 Å². The first-order valence-corrected chi connectivity index (χ1v) is 5.96. The molecule has 4 heteroatoms. The van der Waals surface area contributed by atoms with Crippen LogP contribution >= 0.6 is 0 Å². The van der Waals surface area contributed by atoms with Gasteiger partial charge in [0.2, 0.25) is 5.91 Å². The molecule has 1 aromatic carbocycles. The molecule has 1 amide bonds. The number of methoxy groups -OCH3 is 1. The Balaban J connectivity index is 2.47. The molecule has 0 radical (unpaired) electrons. The van der Waals surface area contributed by atoms with Crippen molar-refractivity contribution in [2.45, 2.75) is 32.8 Å². The van der Waals surface area contributed by atoms with Crippen molar-refractivity contribution in [3.05, 3.63) is 29.8 Å². The maximum atomic E-state index is 11.6. The normalized spacial score (nSPS) is 11.9. The highest BCUT2D eigenvalue weighted by atomic mass is 16.5. The number of amides is 1. The molecule has 1 atom stereocenters. The van der Waals surface area contributed by atoms with E-state index in [1.54, 1.807) is 31.4 Å². The highest BCUT2D eigenvalue weighted by molar-refractivity contribution is 5.95. The van der Waals surface area contributed by atoms with Crippen LogP contribution in [0.1, 0.15) is 37.0 Å². The molecule has 0 aliphatic heterocycles. The Hall–Kier alpha value is -1.68. The Kier molecular flexibility index (Phi) is 5.52. The van der Waals surface area contributed by atoms with E-state index >= 15 is 0 Å². The fraction of sp³-hybridized carbons (Fsp3) is 0.429. The van der Waals surface area contributed by atoms with Crippen LogP contribution in [0.4, 0.5) is 5.69 Å². The number of Topliss-reactive ketones (excluding diaryl/α,β-unsaturated/α-hetero) is 1. The van der Waals surface area contributed by atoms with Crippen LogP contribution < -0.4 is 5.32 Å². The first kappa shape index (κ1) is 14.4. The number of benzene rings is 1. The molecule has 0 fully saturated rings. The summed E-state index contributed by atoms with van der Waals surface area (Å²) in [6.07, 6.45) is 1.19. The molecule has 0 bridgehead atoms. The van der Waals surface area contributed by atoms with Crippen LogP contribution in [0.25, 0.3) is 0 Å². The number of carbonyl (C=O) groups is 2. The SMILES string of the molecule is COC(C)CCC(=O)Nc1ccc(C(C)=O)cc1. The zero-order valence-electron chi connectivity index (χ0n) is 11.0. The highest BCUT2D eigenvalue weighted by Gasteiger charge is 2.06. The molecule has 1 aromatic rings. The van der Waals surface area contributed by atoms with Gasteiger partial charge in [0, 0.05) is 24.8 Å². The minimum atomic E-state index is -0.0468. The van der Waals surface area contributed by atoms with E-state index in [0.717, 1.165) is 0 Å². The van der Waals surface area contributed by atoms with Crippen molar-refractivity contribution in [3.8, 4) is 0 Å². The summed E-state index contributed by atoms with van der Waals surface area (Å²) in [4.78, 5) is 22.7. The van der Waals surface area contributed by atoms with Gasteiger partial charge in [-0.3, -0.25) is 9.59 Å². The minimum absolute atomic E-state index is 0.0156. The largest absolute Gasteiger partial charge is 0.382 e. The molecular weight excluding hydrogens is 230 g/mol. The molecule has 18 heavy (non-hydrogen) atoms. The second-order valence-electron chi connectivity index (χ2n) is 4.27. The smallest absolute Gasteiger partial charge is 0.224 e. The first-order chi connectivity index (χ1) is 8.52. The lowest BCUT2D eigenvalue weighted by Gasteiger charge is -2.09. The van der Waals surface area contributed by atoms with Gasteiger partial charge in [0.05, 0.1) is 6.10 Å². The van der Waals surface area contributed by atoms with Crippen LogP contribution in [0, 0.1) is 0 Å². The van der Waals surface area contributed by atoms with Gasteiger partial charge in [-0.15, -0.1) is 0 Å². The standard InChI is InChI=1S/C14H19NO3/c1-10(18-3)4-9-14(17)15-13-7-5-12(6-8-13)11(2)16/h5-8,10H,4,9H2,1-3H3,(H,15,17). The van der Waals surface area contributed by atoms with Gasteiger partial charge in [0.25, 0.3) is 0 Å². The van der Waals surface area contributed by atoms with Crippen LogP contribution in [0.2, 0.25) is 0 Å². The molecule has 0 aliphatic rings. The monoisotopic (exact) mass is 249 g/mol. The summed E-state index contributed by atoms with van der Waals surface area (Å²) in [6, 6.07) is 6.87. The summed E-state index contributed by atoms with van der Waals surface area (Å²) < 4.78 is 5.08. The fourth-order valence-electron chi connectivity index (χ4n) is 1.46. The van der Waals surface area contributed by atoms with Crippen molar-refractivity contribution in [3.63, 3.8) is 0 Å². The minimum Gasteiger partial charge on any atom is -0.382 e. The maximum Gasteiger partial charge on any atom is 0.224 e. The van der Waals surface area contributed by atoms with Gasteiger partial charge in [-0.05, 0) is 44.5 Å². The van der Waals surface area contributed by atoms with Gasteiger partial charge in [-0.1, -0.05) is 0 Å². The molecular formula is C14H19NO3. The van der Waals surface area contributed by atoms with E-state index in [9.17, 15) is 9.59 Å². The molecule has 0 saturated carbocycles. The average molecular weight is 249 g/mol. The number of hydrogen-bond donors (Lipinski definition) is 1. The lowest BCUT2D eigenvalue weighted by molar-refractivity contribution is -0.116. The number of hydrogen-bond acceptors (Lipinski definition) is 3. The topological polar surface area (TPSA) is 55.4 Å². The summed E-state index contributed by atoms with van der Waals surface area (Å²) in [5.74, 6) is -0.0312. The number of ether oxygens (including phenoxy) is 1. The van der Waals surface area contributed by atoms with Crippen LogP contribution in [0.3, 0.4) is 0 Å². The summed E-state index contributed by atoms with van der Waals surface area (Å²) in [6.45, 7) is 3.44. The molecule has 98 valence electrons. The molecule has 0 saturated heterocycles. The molecule has 0 aliphatic carbocycles. The summed E-state index contributed by atoms with van der Waals surface area (Å²) in [5, 5.41) is 2.78. The van der Waals surface area contributed by atoms with Crippen molar-refractivity contribution in [2.75, 3.05) is 12.4 Å². The summed E-state index contributed by atoms with van der Waals surface area (Å²) in [7, 11) is 1.63. The Morgan fingerprint density at radius 2 is 1.89 bits per heavy atom. The van der Waals surface area contributed by atoms with Gasteiger partial charge >= 0.3 is 0 Å². The zero-order chi connectivity index (χ0) is 13.5. The Morgan fingerprint density at radius 3 is 2.39 bits per heavy atom. The molecule has 1 N–H and O–H groups in total. The molecule has 4 nitrogen and oxygen atoms in total. The van der Waals surface area contributed by atoms with Crippen LogP contribution in [0.15, 0.2) is 24.3 Å². The van der Waals surface area contributed by atoms with Gasteiger partial charge in [-0.25, -0.2) is 0 Å². The maximum absolute atomic E-state index is 11.6. The number of carbonyl (C=O) groups excluding carboxylic acids is 2. The second kappa shape index (κ2) is 6.91. The van der Waals surface area contributed by atoms with E-state index in [1.165, 1.54) is 6.92 Å². The van der Waals surface area contributed by atoms with Crippen molar-refractivity contribution in [1.29, 1.82) is 0 Å². The molecule has 0 heterocycles. The van der Waals surface area contributed by atoms with Crippen LogP contribution in [-0.2, 0) is 9.53 Å². The van der Waals surface area contributed by atoms with E-state index in [2.05, 4.69) is 5.32 Å². The van der Waals surface area contributed by atoms with E-state index in [0.29, 0.717) is 24.1 Å². The number of ketones is 1. The molecule has 0 spiro atoms. The lowest BCUT2D eigenvalue weighted by atomic mass is 10.1. The van der Waals surface area contributed by atoms with Crippen molar-refractivity contribution >= 4 is 17.4 Å². The number of nitrogens with one attached hydrogen (secondary N) is 1. The van der Waals surface area contributed by atoms with Gasteiger partial charge in [0.1, 0.15) is 0 Å². The quantitative estimate of drug-likeness (QED) is 0.788. The van der Waals surface area contributed by atoms with Crippen molar-refractivity contribution in [2.24, 2.45) is 0 Å².